The minimum absolute atomic E-state index is 0.173. The minimum Gasteiger partial charge on any atom is -0.395 e. The number of hydrogen-bond donors (Lipinski definition) is 3. The molecule has 0 heterocycles. The third-order valence-corrected chi connectivity index (χ3v) is 2.68. The SMILES string of the molecule is NC(=O)c1cc(Br)ccc1[C@@H](CO)C(N)=O. The summed E-state index contributed by atoms with van der Waals surface area (Å²) >= 11 is 3.19. The lowest BCUT2D eigenvalue weighted by atomic mass is 9.94. The van der Waals surface area contributed by atoms with Gasteiger partial charge < -0.3 is 16.6 Å². The first kappa shape index (κ1) is 12.7. The van der Waals surface area contributed by atoms with Crippen LogP contribution >= 0.6 is 15.9 Å². The zero-order chi connectivity index (χ0) is 12.3. The van der Waals surface area contributed by atoms with Crippen molar-refractivity contribution in [3.05, 3.63) is 33.8 Å². The largest absolute Gasteiger partial charge is 0.395 e. The van der Waals surface area contributed by atoms with Crippen LogP contribution in [0.15, 0.2) is 22.7 Å². The molecule has 5 N–H and O–H groups in total. The van der Waals surface area contributed by atoms with Crippen molar-refractivity contribution < 1.29 is 14.7 Å². The highest BCUT2D eigenvalue weighted by Crippen LogP contribution is 2.23. The van der Waals surface area contributed by atoms with E-state index in [-0.39, 0.29) is 5.56 Å². The van der Waals surface area contributed by atoms with Crippen LogP contribution in [0.4, 0.5) is 0 Å². The summed E-state index contributed by atoms with van der Waals surface area (Å²) in [6.45, 7) is -0.461. The van der Waals surface area contributed by atoms with Gasteiger partial charge in [0.05, 0.1) is 12.5 Å². The summed E-state index contributed by atoms with van der Waals surface area (Å²) in [5.74, 6) is -2.29. The molecule has 0 radical (unpaired) electrons. The summed E-state index contributed by atoms with van der Waals surface area (Å²) in [4.78, 5) is 22.3. The number of carbonyl (C=O) groups is 2. The molecule has 5 nitrogen and oxygen atoms in total. The Morgan fingerprint density at radius 3 is 2.44 bits per heavy atom. The smallest absolute Gasteiger partial charge is 0.249 e. The highest BCUT2D eigenvalue weighted by atomic mass is 79.9. The zero-order valence-electron chi connectivity index (χ0n) is 8.31. The van der Waals surface area contributed by atoms with Crippen LogP contribution in [0.3, 0.4) is 0 Å². The Kier molecular flexibility index (Phi) is 4.03. The summed E-state index contributed by atoms with van der Waals surface area (Å²) in [6, 6.07) is 4.67. The third kappa shape index (κ3) is 2.59. The van der Waals surface area contributed by atoms with Crippen LogP contribution in [0.2, 0.25) is 0 Å². The molecule has 0 fully saturated rings. The Labute approximate surface area is 101 Å². The number of hydrogen-bond acceptors (Lipinski definition) is 3. The standard InChI is InChI=1S/C10H11BrN2O3/c11-5-1-2-6(7(3-5)9(12)15)8(4-14)10(13)16/h1-3,8,14H,4H2,(H2,12,15)(H2,13,16)/t8-/m1/s1. The van der Waals surface area contributed by atoms with Gasteiger partial charge in [-0.2, -0.15) is 0 Å². The van der Waals surface area contributed by atoms with Crippen molar-refractivity contribution in [2.24, 2.45) is 11.5 Å². The quantitative estimate of drug-likeness (QED) is 0.731. The minimum atomic E-state index is -0.921. The van der Waals surface area contributed by atoms with E-state index in [1.807, 2.05) is 0 Å². The van der Waals surface area contributed by atoms with Gasteiger partial charge in [0.25, 0.3) is 0 Å². The van der Waals surface area contributed by atoms with Crippen molar-refractivity contribution in [3.63, 3.8) is 0 Å². The van der Waals surface area contributed by atoms with Gasteiger partial charge in [-0.25, -0.2) is 0 Å². The van der Waals surface area contributed by atoms with Crippen molar-refractivity contribution in [1.29, 1.82) is 0 Å². The Morgan fingerprint density at radius 2 is 2.00 bits per heavy atom. The molecule has 6 heteroatoms. The van der Waals surface area contributed by atoms with Crippen LogP contribution in [-0.2, 0) is 4.79 Å². The number of carbonyl (C=O) groups excluding carboxylic acids is 2. The molecule has 0 saturated heterocycles. The number of amides is 2. The van der Waals surface area contributed by atoms with E-state index in [1.165, 1.54) is 12.1 Å². The first-order chi connectivity index (χ1) is 7.47. The third-order valence-electron chi connectivity index (χ3n) is 2.18. The number of rotatable bonds is 4. The van der Waals surface area contributed by atoms with Gasteiger partial charge in [0, 0.05) is 10.0 Å². The summed E-state index contributed by atoms with van der Waals surface area (Å²) in [7, 11) is 0. The molecule has 16 heavy (non-hydrogen) atoms. The molecule has 0 aliphatic heterocycles. The molecule has 1 rings (SSSR count). The Bertz CT molecular complexity index is 434. The van der Waals surface area contributed by atoms with Gasteiger partial charge in [0.2, 0.25) is 11.8 Å². The first-order valence-electron chi connectivity index (χ1n) is 4.46. The number of aliphatic hydroxyl groups excluding tert-OH is 1. The number of primary amides is 2. The van der Waals surface area contributed by atoms with Gasteiger partial charge >= 0.3 is 0 Å². The molecular formula is C10H11BrN2O3. The van der Waals surface area contributed by atoms with Crippen LogP contribution in [-0.4, -0.2) is 23.5 Å². The van der Waals surface area contributed by atoms with Crippen LogP contribution in [0.5, 0.6) is 0 Å². The summed E-state index contributed by atoms with van der Waals surface area (Å²) in [5.41, 5.74) is 10.8. The molecule has 1 aromatic carbocycles. The fourth-order valence-electron chi connectivity index (χ4n) is 1.39. The van der Waals surface area contributed by atoms with Crippen molar-refractivity contribution >= 4 is 27.7 Å². The van der Waals surface area contributed by atoms with E-state index in [1.54, 1.807) is 6.07 Å². The number of benzene rings is 1. The lowest BCUT2D eigenvalue weighted by Gasteiger charge is -2.14. The monoisotopic (exact) mass is 286 g/mol. The molecule has 0 aliphatic rings. The van der Waals surface area contributed by atoms with Gasteiger partial charge in [-0.1, -0.05) is 22.0 Å². The molecule has 0 saturated carbocycles. The molecule has 0 aliphatic carbocycles. The number of nitrogens with two attached hydrogens (primary N) is 2. The average Bonchev–Trinajstić information content (AvgIpc) is 2.20. The van der Waals surface area contributed by atoms with E-state index in [4.69, 9.17) is 16.6 Å². The van der Waals surface area contributed by atoms with Gasteiger partial charge in [0.1, 0.15) is 0 Å². The van der Waals surface area contributed by atoms with Crippen LogP contribution in [0.25, 0.3) is 0 Å². The molecule has 86 valence electrons. The van der Waals surface area contributed by atoms with E-state index in [9.17, 15) is 9.59 Å². The number of aliphatic hydroxyl groups is 1. The van der Waals surface area contributed by atoms with Gasteiger partial charge in [0.15, 0.2) is 0 Å². The van der Waals surface area contributed by atoms with Crippen molar-refractivity contribution in [2.75, 3.05) is 6.61 Å². The Hall–Kier alpha value is -1.40. The second-order valence-electron chi connectivity index (χ2n) is 3.23. The summed E-state index contributed by atoms with van der Waals surface area (Å²) < 4.78 is 0.659. The highest BCUT2D eigenvalue weighted by molar-refractivity contribution is 9.10. The molecule has 0 bridgehead atoms. The van der Waals surface area contributed by atoms with Crippen molar-refractivity contribution in [3.8, 4) is 0 Å². The predicted octanol–water partition coefficient (Wildman–Crippen LogP) is 0.109. The van der Waals surface area contributed by atoms with Crippen molar-refractivity contribution in [2.45, 2.75) is 5.92 Å². The van der Waals surface area contributed by atoms with Crippen LogP contribution < -0.4 is 11.5 Å². The average molecular weight is 287 g/mol. The molecule has 2 amide bonds. The fourth-order valence-corrected chi connectivity index (χ4v) is 1.75. The summed E-state index contributed by atoms with van der Waals surface area (Å²) in [5, 5.41) is 9.06. The van der Waals surface area contributed by atoms with E-state index in [0.717, 1.165) is 0 Å². The maximum Gasteiger partial charge on any atom is 0.249 e. The molecule has 1 aromatic rings. The maximum absolute atomic E-state index is 11.2. The predicted molar refractivity (Wildman–Crippen MR) is 61.7 cm³/mol. The first-order valence-corrected chi connectivity index (χ1v) is 5.26. The molecule has 0 spiro atoms. The van der Waals surface area contributed by atoms with E-state index in [0.29, 0.717) is 10.0 Å². The second-order valence-corrected chi connectivity index (χ2v) is 4.15. The zero-order valence-corrected chi connectivity index (χ0v) is 9.90. The van der Waals surface area contributed by atoms with Gasteiger partial charge in [-0.15, -0.1) is 0 Å². The second kappa shape index (κ2) is 5.09. The van der Waals surface area contributed by atoms with E-state index >= 15 is 0 Å². The lowest BCUT2D eigenvalue weighted by molar-refractivity contribution is -0.120. The Morgan fingerprint density at radius 1 is 1.38 bits per heavy atom. The van der Waals surface area contributed by atoms with Crippen molar-refractivity contribution in [1.82, 2.24) is 0 Å². The lowest BCUT2D eigenvalue weighted by Crippen LogP contribution is -2.27. The molecule has 1 atom stereocenters. The topological polar surface area (TPSA) is 106 Å². The number of halogens is 1. The summed E-state index contributed by atoms with van der Waals surface area (Å²) in [6.07, 6.45) is 0. The highest BCUT2D eigenvalue weighted by Gasteiger charge is 2.22. The van der Waals surface area contributed by atoms with E-state index in [2.05, 4.69) is 15.9 Å². The van der Waals surface area contributed by atoms with Crippen LogP contribution in [0.1, 0.15) is 21.8 Å². The van der Waals surface area contributed by atoms with Gasteiger partial charge in [-0.05, 0) is 17.7 Å². The normalized spacial score (nSPS) is 12.1. The molecule has 0 unspecified atom stereocenters. The van der Waals surface area contributed by atoms with Gasteiger partial charge in [-0.3, -0.25) is 9.59 Å². The molecular weight excluding hydrogens is 276 g/mol. The molecule has 0 aromatic heterocycles. The maximum atomic E-state index is 11.2. The van der Waals surface area contributed by atoms with E-state index < -0.39 is 24.3 Å². The van der Waals surface area contributed by atoms with Crippen LogP contribution in [0, 0.1) is 0 Å². The Balaban J connectivity index is 3.31. The fraction of sp³-hybridized carbons (Fsp3) is 0.200.